The summed E-state index contributed by atoms with van der Waals surface area (Å²) in [6.07, 6.45) is -14.7. The van der Waals surface area contributed by atoms with Crippen molar-refractivity contribution in [1.82, 2.24) is 5.32 Å². The van der Waals surface area contributed by atoms with Gasteiger partial charge in [0.15, 0.2) is 0 Å². The maximum atomic E-state index is 12.3. The fraction of sp³-hybridized carbons (Fsp3) is 0.500. The smallest absolute Gasteiger partial charge is 0.356 e. The highest BCUT2D eigenvalue weighted by Gasteiger charge is 2.57. The van der Waals surface area contributed by atoms with Crippen LogP contribution in [0.5, 0.6) is 0 Å². The molecule has 0 saturated heterocycles. The molecule has 0 radical (unpaired) electrons. The van der Waals surface area contributed by atoms with E-state index in [0.29, 0.717) is 6.54 Å². The Kier molecular flexibility index (Phi) is 5.41. The number of nitrogens with one attached hydrogen (secondary N) is 1. The van der Waals surface area contributed by atoms with Crippen LogP contribution in [0.25, 0.3) is 0 Å². The van der Waals surface area contributed by atoms with E-state index >= 15 is 0 Å². The van der Waals surface area contributed by atoms with Crippen LogP contribution >= 0.6 is 0 Å². The van der Waals surface area contributed by atoms with Gasteiger partial charge >= 0.3 is 12.4 Å². The normalized spacial score (nSPS) is 13.0. The first-order valence-electron chi connectivity index (χ1n) is 5.62. The molecule has 0 unspecified atom stereocenters. The SMILES string of the molecule is CNCc1cccc(COC(C(F)(F)F)C(F)(F)F)c1. The van der Waals surface area contributed by atoms with Crippen LogP contribution < -0.4 is 5.32 Å². The summed E-state index contributed by atoms with van der Waals surface area (Å²) in [5.41, 5.74) is 0.986. The summed E-state index contributed by atoms with van der Waals surface area (Å²) in [5.74, 6) is 0. The molecular weight excluding hydrogens is 288 g/mol. The standard InChI is InChI=1S/C12H13F6NO/c1-19-6-8-3-2-4-9(5-8)7-20-10(11(13,14)15)12(16,17)18/h2-5,10,19H,6-7H2,1H3. The number of rotatable bonds is 5. The average molecular weight is 301 g/mol. The molecule has 8 heteroatoms. The zero-order valence-corrected chi connectivity index (χ0v) is 10.5. The Morgan fingerprint density at radius 2 is 1.60 bits per heavy atom. The van der Waals surface area contributed by atoms with Gasteiger partial charge in [-0.15, -0.1) is 0 Å². The summed E-state index contributed by atoms with van der Waals surface area (Å²) < 4.78 is 77.6. The van der Waals surface area contributed by atoms with Crippen molar-refractivity contribution in [3.05, 3.63) is 35.4 Å². The van der Waals surface area contributed by atoms with E-state index in [-0.39, 0.29) is 5.56 Å². The lowest BCUT2D eigenvalue weighted by molar-refractivity contribution is -0.324. The van der Waals surface area contributed by atoms with Crippen LogP contribution in [0.15, 0.2) is 24.3 Å². The van der Waals surface area contributed by atoms with Gasteiger partial charge in [-0.1, -0.05) is 24.3 Å². The number of ether oxygens (including phenoxy) is 1. The third kappa shape index (κ3) is 5.01. The third-order valence-electron chi connectivity index (χ3n) is 2.38. The van der Waals surface area contributed by atoms with E-state index < -0.39 is 25.1 Å². The van der Waals surface area contributed by atoms with Crippen molar-refractivity contribution < 1.29 is 31.1 Å². The molecule has 0 aliphatic heterocycles. The first kappa shape index (κ1) is 16.8. The van der Waals surface area contributed by atoms with Crippen LogP contribution in [-0.2, 0) is 17.9 Å². The number of benzene rings is 1. The molecule has 20 heavy (non-hydrogen) atoms. The molecule has 1 N–H and O–H groups in total. The second-order valence-corrected chi connectivity index (χ2v) is 4.12. The Balaban J connectivity index is 2.75. The molecule has 0 aromatic heterocycles. The lowest BCUT2D eigenvalue weighted by atomic mass is 10.1. The minimum atomic E-state index is -5.49. The molecule has 0 amide bonds. The Hall–Kier alpha value is -1.28. The largest absolute Gasteiger partial charge is 0.423 e. The van der Waals surface area contributed by atoms with E-state index in [9.17, 15) is 26.3 Å². The van der Waals surface area contributed by atoms with Gasteiger partial charge in [0.05, 0.1) is 6.61 Å². The van der Waals surface area contributed by atoms with Crippen molar-refractivity contribution in [2.45, 2.75) is 31.6 Å². The molecule has 1 rings (SSSR count). The summed E-state index contributed by atoms with van der Waals surface area (Å²) in [5, 5.41) is 2.82. The van der Waals surface area contributed by atoms with Crippen molar-refractivity contribution in [2.24, 2.45) is 0 Å². The summed E-state index contributed by atoms with van der Waals surface area (Å²) in [7, 11) is 1.67. The Labute approximate surface area is 111 Å². The van der Waals surface area contributed by atoms with Crippen LogP contribution in [0.1, 0.15) is 11.1 Å². The zero-order chi connectivity index (χ0) is 15.4. The maximum absolute atomic E-state index is 12.3. The topological polar surface area (TPSA) is 21.3 Å². The van der Waals surface area contributed by atoms with Gasteiger partial charge in [-0.2, -0.15) is 26.3 Å². The van der Waals surface area contributed by atoms with Crippen LogP contribution in [0.4, 0.5) is 26.3 Å². The molecule has 0 saturated carbocycles. The van der Waals surface area contributed by atoms with Gasteiger partial charge in [-0.05, 0) is 18.2 Å². The first-order chi connectivity index (χ1) is 9.14. The fourth-order valence-electron chi connectivity index (χ4n) is 1.59. The molecule has 0 aliphatic rings. The minimum Gasteiger partial charge on any atom is -0.356 e. The van der Waals surface area contributed by atoms with Gasteiger partial charge < -0.3 is 10.1 Å². The number of hydrogen-bond donors (Lipinski definition) is 1. The Bertz CT molecular complexity index is 415. The summed E-state index contributed by atoms with van der Waals surface area (Å²) in [6.45, 7) is -0.308. The van der Waals surface area contributed by atoms with Crippen LogP contribution in [0, 0.1) is 0 Å². The molecule has 114 valence electrons. The van der Waals surface area contributed by atoms with Crippen LogP contribution in [-0.4, -0.2) is 25.5 Å². The van der Waals surface area contributed by atoms with E-state index in [1.165, 1.54) is 12.1 Å². The Morgan fingerprint density at radius 3 is 2.10 bits per heavy atom. The lowest BCUT2D eigenvalue weighted by Crippen LogP contribution is -2.44. The van der Waals surface area contributed by atoms with Crippen molar-refractivity contribution in [1.29, 1.82) is 0 Å². The van der Waals surface area contributed by atoms with Gasteiger partial charge in [0.25, 0.3) is 0 Å². The highest BCUT2D eigenvalue weighted by atomic mass is 19.4. The van der Waals surface area contributed by atoms with Crippen molar-refractivity contribution in [3.8, 4) is 0 Å². The van der Waals surface area contributed by atoms with E-state index in [1.807, 2.05) is 0 Å². The second kappa shape index (κ2) is 6.45. The predicted molar refractivity (Wildman–Crippen MR) is 59.9 cm³/mol. The van der Waals surface area contributed by atoms with Gasteiger partial charge in [-0.3, -0.25) is 0 Å². The van der Waals surface area contributed by atoms with Crippen molar-refractivity contribution in [2.75, 3.05) is 7.05 Å². The number of halogens is 6. The second-order valence-electron chi connectivity index (χ2n) is 4.12. The predicted octanol–water partition coefficient (Wildman–Crippen LogP) is 3.42. The maximum Gasteiger partial charge on any atom is 0.423 e. The molecule has 0 bridgehead atoms. The quantitative estimate of drug-likeness (QED) is 0.842. The van der Waals surface area contributed by atoms with Crippen LogP contribution in [0.3, 0.4) is 0 Å². The summed E-state index contributed by atoms with van der Waals surface area (Å²) in [6, 6.07) is 6.13. The zero-order valence-electron chi connectivity index (χ0n) is 10.5. The van der Waals surface area contributed by atoms with Crippen molar-refractivity contribution >= 4 is 0 Å². The van der Waals surface area contributed by atoms with Crippen molar-refractivity contribution in [3.63, 3.8) is 0 Å². The van der Waals surface area contributed by atoms with Gasteiger partial charge in [0, 0.05) is 6.54 Å². The molecule has 1 aromatic rings. The molecule has 2 nitrogen and oxygen atoms in total. The number of hydrogen-bond acceptors (Lipinski definition) is 2. The molecule has 0 aliphatic carbocycles. The molecular formula is C12H13F6NO. The molecule has 1 aromatic carbocycles. The van der Waals surface area contributed by atoms with E-state index in [2.05, 4.69) is 10.1 Å². The first-order valence-corrected chi connectivity index (χ1v) is 5.62. The molecule has 0 fully saturated rings. The summed E-state index contributed by atoms with van der Waals surface area (Å²) in [4.78, 5) is 0. The molecule has 0 atom stereocenters. The highest BCUT2D eigenvalue weighted by Crippen LogP contribution is 2.36. The molecule has 0 spiro atoms. The average Bonchev–Trinajstić information content (AvgIpc) is 2.26. The summed E-state index contributed by atoms with van der Waals surface area (Å²) >= 11 is 0. The van der Waals surface area contributed by atoms with Gasteiger partial charge in [-0.25, -0.2) is 0 Å². The van der Waals surface area contributed by atoms with E-state index in [0.717, 1.165) is 5.56 Å². The monoisotopic (exact) mass is 301 g/mol. The lowest BCUT2D eigenvalue weighted by Gasteiger charge is -2.23. The third-order valence-corrected chi connectivity index (χ3v) is 2.38. The number of alkyl halides is 6. The van der Waals surface area contributed by atoms with Gasteiger partial charge in [0.1, 0.15) is 0 Å². The Morgan fingerprint density at radius 1 is 1.05 bits per heavy atom. The minimum absolute atomic E-state index is 0.247. The fourth-order valence-corrected chi connectivity index (χ4v) is 1.59. The van der Waals surface area contributed by atoms with Gasteiger partial charge in [0.2, 0.25) is 6.10 Å². The van der Waals surface area contributed by atoms with E-state index in [4.69, 9.17) is 0 Å². The van der Waals surface area contributed by atoms with Crippen LogP contribution in [0.2, 0.25) is 0 Å². The molecule has 0 heterocycles. The van der Waals surface area contributed by atoms with E-state index in [1.54, 1.807) is 19.2 Å². The highest BCUT2D eigenvalue weighted by molar-refractivity contribution is 5.22.